The molecule has 1 fully saturated rings. The summed E-state index contributed by atoms with van der Waals surface area (Å²) >= 11 is 1.74. The number of rotatable bonds is 4. The van der Waals surface area contributed by atoms with Gasteiger partial charge in [-0.2, -0.15) is 0 Å². The summed E-state index contributed by atoms with van der Waals surface area (Å²) in [4.78, 5) is 16.0. The van der Waals surface area contributed by atoms with Crippen molar-refractivity contribution in [3.63, 3.8) is 0 Å². The number of nitrogens with zero attached hydrogens (tertiary/aromatic N) is 1. The minimum atomic E-state index is -0.370. The Morgan fingerprint density at radius 1 is 1.33 bits per heavy atom. The maximum atomic E-state index is 12.3. The second-order valence-corrected chi connectivity index (χ2v) is 7.21. The minimum absolute atomic E-state index is 0.104. The number of carbonyl (C=O) groups is 1. The highest BCUT2D eigenvalue weighted by atomic mass is 32.1. The molecule has 2 atom stereocenters. The van der Waals surface area contributed by atoms with Crippen LogP contribution in [0.2, 0.25) is 0 Å². The van der Waals surface area contributed by atoms with Crippen molar-refractivity contribution in [2.75, 3.05) is 20.1 Å². The molecule has 0 radical (unpaired) electrons. The Morgan fingerprint density at radius 2 is 2.17 bits per heavy atom. The van der Waals surface area contributed by atoms with E-state index in [4.69, 9.17) is 0 Å². The molecular weight excluding hydrogens is 324 g/mol. The van der Waals surface area contributed by atoms with Gasteiger partial charge in [-0.15, -0.1) is 11.3 Å². The van der Waals surface area contributed by atoms with Gasteiger partial charge in [-0.3, -0.25) is 9.69 Å². The van der Waals surface area contributed by atoms with Crippen molar-refractivity contribution in [2.24, 2.45) is 5.92 Å². The topological polar surface area (TPSA) is 72.8 Å². The highest BCUT2D eigenvalue weighted by Crippen LogP contribution is 2.37. The van der Waals surface area contributed by atoms with Crippen LogP contribution in [0.3, 0.4) is 0 Å². The third kappa shape index (κ3) is 3.39. The number of hydrogen-bond donors (Lipinski definition) is 3. The van der Waals surface area contributed by atoms with Gasteiger partial charge in [0.1, 0.15) is 0 Å². The lowest BCUT2D eigenvalue weighted by Gasteiger charge is -2.38. The van der Waals surface area contributed by atoms with E-state index >= 15 is 0 Å². The van der Waals surface area contributed by atoms with Crippen LogP contribution in [0.1, 0.15) is 34.1 Å². The number of piperidine rings is 1. The molecule has 0 aliphatic carbocycles. The summed E-state index contributed by atoms with van der Waals surface area (Å²) in [6, 6.07) is 8.92. The van der Waals surface area contributed by atoms with E-state index in [2.05, 4.69) is 34.8 Å². The van der Waals surface area contributed by atoms with Crippen molar-refractivity contribution in [3.05, 3.63) is 46.2 Å². The number of hydrogen-bond acceptors (Lipinski definition) is 5. The standard InChI is InChI=1S/C18H22N2O3S/c1-20-9-3-5-12(16(20)15-8-4-10-24-15)11-19-18(23)13-6-2-7-14(21)17(13)22/h2,4,6-8,10,12,16,21-22H,3,5,9,11H2,1H3,(H,19,23)/t12-,16+/m1/s1. The van der Waals surface area contributed by atoms with E-state index in [1.165, 1.54) is 17.0 Å². The number of likely N-dealkylation sites (tertiary alicyclic amines) is 1. The summed E-state index contributed by atoms with van der Waals surface area (Å²) in [7, 11) is 2.12. The zero-order valence-corrected chi connectivity index (χ0v) is 14.4. The highest BCUT2D eigenvalue weighted by Gasteiger charge is 2.31. The molecule has 1 aromatic carbocycles. The van der Waals surface area contributed by atoms with Gasteiger partial charge in [0, 0.05) is 17.5 Å². The Morgan fingerprint density at radius 3 is 2.92 bits per heavy atom. The van der Waals surface area contributed by atoms with E-state index in [1.807, 2.05) is 0 Å². The van der Waals surface area contributed by atoms with Crippen LogP contribution in [0.5, 0.6) is 11.5 Å². The number of para-hydroxylation sites is 1. The summed E-state index contributed by atoms with van der Waals surface area (Å²) in [5.41, 5.74) is 0.104. The van der Waals surface area contributed by atoms with E-state index in [1.54, 1.807) is 17.4 Å². The lowest BCUT2D eigenvalue weighted by molar-refractivity contribution is 0.0892. The number of aromatic hydroxyl groups is 2. The molecule has 1 aliphatic rings. The van der Waals surface area contributed by atoms with E-state index in [0.29, 0.717) is 18.5 Å². The van der Waals surface area contributed by atoms with Crippen LogP contribution in [0.15, 0.2) is 35.7 Å². The summed E-state index contributed by atoms with van der Waals surface area (Å²) in [6.45, 7) is 1.60. The molecule has 6 heteroatoms. The van der Waals surface area contributed by atoms with Crippen LogP contribution in [-0.4, -0.2) is 41.2 Å². The zero-order chi connectivity index (χ0) is 17.1. The van der Waals surface area contributed by atoms with Crippen molar-refractivity contribution in [2.45, 2.75) is 18.9 Å². The molecule has 5 nitrogen and oxygen atoms in total. The smallest absolute Gasteiger partial charge is 0.255 e. The molecule has 128 valence electrons. The predicted molar refractivity (Wildman–Crippen MR) is 94.5 cm³/mol. The van der Waals surface area contributed by atoms with Crippen LogP contribution in [0.25, 0.3) is 0 Å². The number of phenolic OH excluding ortho intramolecular Hbond substituents is 2. The SMILES string of the molecule is CN1CCC[C@H](CNC(=O)c2cccc(O)c2O)[C@H]1c1cccs1. The van der Waals surface area contributed by atoms with Gasteiger partial charge in [-0.1, -0.05) is 12.1 Å². The fourth-order valence-electron chi connectivity index (χ4n) is 3.42. The van der Waals surface area contributed by atoms with Crippen molar-refractivity contribution in [3.8, 4) is 11.5 Å². The van der Waals surface area contributed by atoms with Gasteiger partial charge >= 0.3 is 0 Å². The maximum absolute atomic E-state index is 12.3. The van der Waals surface area contributed by atoms with E-state index in [-0.39, 0.29) is 23.0 Å². The second kappa shape index (κ2) is 7.23. The molecule has 1 amide bonds. The average molecular weight is 346 g/mol. The van der Waals surface area contributed by atoms with Gasteiger partial charge in [0.2, 0.25) is 0 Å². The van der Waals surface area contributed by atoms with Gasteiger partial charge in [0.15, 0.2) is 11.5 Å². The van der Waals surface area contributed by atoms with Gasteiger partial charge in [-0.25, -0.2) is 0 Å². The molecule has 2 aromatic rings. The molecule has 24 heavy (non-hydrogen) atoms. The summed E-state index contributed by atoms with van der Waals surface area (Å²) in [5.74, 6) is -0.686. The number of thiophene rings is 1. The molecule has 0 unspecified atom stereocenters. The minimum Gasteiger partial charge on any atom is -0.504 e. The molecular formula is C18H22N2O3S. The molecule has 3 rings (SSSR count). The molecule has 0 bridgehead atoms. The molecule has 3 N–H and O–H groups in total. The molecule has 1 aliphatic heterocycles. The fraction of sp³-hybridized carbons (Fsp3) is 0.389. The van der Waals surface area contributed by atoms with Gasteiger partial charge in [0.05, 0.1) is 5.56 Å². The predicted octanol–water partition coefficient (Wildman–Crippen LogP) is 2.97. The Bertz CT molecular complexity index is 702. The summed E-state index contributed by atoms with van der Waals surface area (Å²) < 4.78 is 0. The molecule has 1 saturated heterocycles. The quantitative estimate of drug-likeness (QED) is 0.744. The Labute approximate surface area is 145 Å². The van der Waals surface area contributed by atoms with E-state index in [9.17, 15) is 15.0 Å². The second-order valence-electron chi connectivity index (χ2n) is 6.23. The first kappa shape index (κ1) is 16.8. The third-order valence-corrected chi connectivity index (χ3v) is 5.57. The fourth-order valence-corrected chi connectivity index (χ4v) is 4.40. The normalized spacial score (nSPS) is 21.5. The van der Waals surface area contributed by atoms with Crippen LogP contribution in [-0.2, 0) is 0 Å². The number of phenols is 2. The zero-order valence-electron chi connectivity index (χ0n) is 13.6. The van der Waals surface area contributed by atoms with Crippen molar-refractivity contribution in [1.29, 1.82) is 0 Å². The number of nitrogens with one attached hydrogen (secondary N) is 1. The van der Waals surface area contributed by atoms with Crippen LogP contribution in [0, 0.1) is 5.92 Å². The van der Waals surface area contributed by atoms with Crippen LogP contribution >= 0.6 is 11.3 Å². The first-order chi connectivity index (χ1) is 11.6. The van der Waals surface area contributed by atoms with Gasteiger partial charge in [0.25, 0.3) is 5.91 Å². The monoisotopic (exact) mass is 346 g/mol. The third-order valence-electron chi connectivity index (χ3n) is 4.63. The Balaban J connectivity index is 1.70. The van der Waals surface area contributed by atoms with Crippen LogP contribution in [0.4, 0.5) is 0 Å². The molecule has 2 heterocycles. The van der Waals surface area contributed by atoms with E-state index in [0.717, 1.165) is 19.4 Å². The molecule has 0 spiro atoms. The van der Waals surface area contributed by atoms with Gasteiger partial charge < -0.3 is 15.5 Å². The van der Waals surface area contributed by atoms with Crippen LogP contribution < -0.4 is 5.32 Å². The first-order valence-electron chi connectivity index (χ1n) is 8.10. The summed E-state index contributed by atoms with van der Waals surface area (Å²) in [5, 5.41) is 24.4. The van der Waals surface area contributed by atoms with E-state index < -0.39 is 0 Å². The average Bonchev–Trinajstić information content (AvgIpc) is 3.09. The van der Waals surface area contributed by atoms with Crippen molar-refractivity contribution < 1.29 is 15.0 Å². The highest BCUT2D eigenvalue weighted by molar-refractivity contribution is 7.10. The lowest BCUT2D eigenvalue weighted by atomic mass is 9.88. The number of benzene rings is 1. The Hall–Kier alpha value is -2.05. The number of carbonyl (C=O) groups excluding carboxylic acids is 1. The maximum Gasteiger partial charge on any atom is 0.255 e. The van der Waals surface area contributed by atoms with Gasteiger partial charge in [-0.05, 0) is 55.9 Å². The molecule has 1 aromatic heterocycles. The van der Waals surface area contributed by atoms with Crippen molar-refractivity contribution >= 4 is 17.2 Å². The Kier molecular flexibility index (Phi) is 5.06. The lowest BCUT2D eigenvalue weighted by Crippen LogP contribution is -2.41. The first-order valence-corrected chi connectivity index (χ1v) is 8.98. The summed E-state index contributed by atoms with van der Waals surface area (Å²) in [6.07, 6.45) is 2.16. The number of amides is 1. The van der Waals surface area contributed by atoms with Crippen molar-refractivity contribution in [1.82, 2.24) is 10.2 Å². The largest absolute Gasteiger partial charge is 0.504 e. The molecule has 0 saturated carbocycles.